The third kappa shape index (κ3) is 2.30. The normalized spacial score (nSPS) is 19.8. The second-order valence-corrected chi connectivity index (χ2v) is 6.16. The van der Waals surface area contributed by atoms with Crippen LogP contribution in [0.1, 0.15) is 6.92 Å². The summed E-state index contributed by atoms with van der Waals surface area (Å²) in [5, 5.41) is -10.5. The van der Waals surface area contributed by atoms with Crippen LogP contribution in [0, 0.1) is 0 Å². The van der Waals surface area contributed by atoms with E-state index < -0.39 is 37.3 Å². The molecular weight excluding hydrogens is 297 g/mol. The fourth-order valence-electron chi connectivity index (χ4n) is 0.667. The van der Waals surface area contributed by atoms with Crippen LogP contribution in [-0.4, -0.2) is 40.4 Å². The van der Waals surface area contributed by atoms with Crippen LogP contribution in [-0.2, 0) is 21.1 Å². The van der Waals surface area contributed by atoms with Gasteiger partial charge in [-0.1, -0.05) is 0 Å². The molecule has 0 radical (unpaired) electrons. The summed E-state index contributed by atoms with van der Waals surface area (Å²) >= 11 is -4.02. The minimum absolute atomic E-state index is 0.303. The maximum Gasteiger partial charge on any atom is 0.425 e. The fraction of sp³-hybridized carbons (Fsp3) is 1.00. The van der Waals surface area contributed by atoms with Gasteiger partial charge in [-0.2, -0.15) is 17.6 Å². The summed E-state index contributed by atoms with van der Waals surface area (Å²) in [6.07, 6.45) is 0. The van der Waals surface area contributed by atoms with Crippen LogP contribution >= 0.6 is 0 Å². The van der Waals surface area contributed by atoms with E-state index in [-0.39, 0.29) is 6.92 Å². The van der Waals surface area contributed by atoms with Gasteiger partial charge in [0.25, 0.3) is 15.0 Å². The molecule has 0 aromatic carbocycles. The van der Waals surface area contributed by atoms with Crippen molar-refractivity contribution >= 4 is 21.1 Å². The van der Waals surface area contributed by atoms with E-state index in [1.165, 1.54) is 0 Å². The molecule has 2 N–H and O–H groups in total. The predicted octanol–water partition coefficient (Wildman–Crippen LogP) is 0.671. The van der Waals surface area contributed by atoms with Crippen molar-refractivity contribution in [3.63, 3.8) is 0 Å². The van der Waals surface area contributed by atoms with Crippen LogP contribution in [0.2, 0.25) is 0 Å². The molecule has 104 valence electrons. The van der Waals surface area contributed by atoms with Crippen molar-refractivity contribution in [3.05, 3.63) is 0 Å². The van der Waals surface area contributed by atoms with Crippen LogP contribution in [0.15, 0.2) is 0 Å². The van der Waals surface area contributed by atoms with E-state index in [9.17, 15) is 34.6 Å². The third-order valence-corrected chi connectivity index (χ3v) is 4.24. The van der Waals surface area contributed by atoms with Gasteiger partial charge in [-0.15, -0.1) is 0 Å². The Hall–Kier alpha value is -0.330. The maximum absolute atomic E-state index is 13.1. The van der Waals surface area contributed by atoms with Crippen molar-refractivity contribution in [3.8, 4) is 0 Å². The largest absolute Gasteiger partial charge is 0.425 e. The summed E-state index contributed by atoms with van der Waals surface area (Å²) in [5.74, 6) is -5.90. The first-order valence-corrected chi connectivity index (χ1v) is 6.33. The number of hydrogen-bond acceptors (Lipinski definition) is 3. The highest BCUT2D eigenvalue weighted by Crippen LogP contribution is 2.48. The van der Waals surface area contributed by atoms with E-state index in [0.29, 0.717) is 7.05 Å². The zero-order valence-electron chi connectivity index (χ0n) is 8.38. The molecular formula is C5H8F5NO4S2. The second-order valence-electron chi connectivity index (χ2n) is 2.96. The lowest BCUT2D eigenvalue weighted by molar-refractivity contribution is -0.203. The summed E-state index contributed by atoms with van der Waals surface area (Å²) in [5.41, 5.74) is 0. The first kappa shape index (κ1) is 16.7. The molecule has 5 nitrogen and oxygen atoms in total. The van der Waals surface area contributed by atoms with Crippen LogP contribution in [0.3, 0.4) is 0 Å². The van der Waals surface area contributed by atoms with Crippen molar-refractivity contribution in [2.75, 3.05) is 7.05 Å². The van der Waals surface area contributed by atoms with Gasteiger partial charge in [0.2, 0.25) is 0 Å². The average Bonchev–Trinajstić information content (AvgIpc) is 2.16. The molecule has 2 unspecified atom stereocenters. The van der Waals surface area contributed by atoms with Crippen LogP contribution in [0.4, 0.5) is 22.0 Å². The van der Waals surface area contributed by atoms with Crippen molar-refractivity contribution in [1.82, 2.24) is 4.72 Å². The Balaban J connectivity index is 5.87. The van der Waals surface area contributed by atoms with Gasteiger partial charge in [0, 0.05) is 0 Å². The summed E-state index contributed by atoms with van der Waals surface area (Å²) in [4.78, 5) is 0. The molecule has 0 saturated carbocycles. The van der Waals surface area contributed by atoms with Gasteiger partial charge in [-0.05, 0) is 14.0 Å². The van der Waals surface area contributed by atoms with Gasteiger partial charge in [-0.25, -0.2) is 21.7 Å². The van der Waals surface area contributed by atoms with Crippen molar-refractivity contribution in [1.29, 1.82) is 0 Å². The number of rotatable bonds is 5. The first-order chi connectivity index (χ1) is 7.25. The minimum atomic E-state index is -5.90. The summed E-state index contributed by atoms with van der Waals surface area (Å²) in [7, 11) is -5.48. The lowest BCUT2D eigenvalue weighted by Gasteiger charge is -2.32. The number of alkyl halides is 5. The summed E-state index contributed by atoms with van der Waals surface area (Å²) in [6.45, 7) is -0.303. The molecule has 2 atom stereocenters. The highest BCUT2D eigenvalue weighted by atomic mass is 32.2. The number of sulfonamides is 1. The van der Waals surface area contributed by atoms with Crippen molar-refractivity contribution in [2.45, 2.75) is 23.1 Å². The Bertz CT molecular complexity index is 420. The zero-order chi connectivity index (χ0) is 14.3. The fourth-order valence-corrected chi connectivity index (χ4v) is 1.86. The standard InChI is InChI=1S/C5H8F5NO4S2/c1-3(6,16(12)13)4(7,8)5(9,10)17(14,15)11-2/h11H,1-2H3,(H,12,13). The van der Waals surface area contributed by atoms with E-state index in [1.807, 2.05) is 0 Å². The van der Waals surface area contributed by atoms with E-state index in [1.54, 1.807) is 0 Å². The number of halogens is 5. The van der Waals surface area contributed by atoms with Gasteiger partial charge in [0.05, 0.1) is 0 Å². The minimum Gasteiger partial charge on any atom is -0.303 e. The Morgan fingerprint density at radius 2 is 1.53 bits per heavy atom. The second kappa shape index (κ2) is 4.40. The molecule has 0 amide bonds. The van der Waals surface area contributed by atoms with Crippen molar-refractivity contribution in [2.24, 2.45) is 0 Å². The highest BCUT2D eigenvalue weighted by Gasteiger charge is 2.76. The van der Waals surface area contributed by atoms with Gasteiger partial charge in [0.1, 0.15) is 0 Å². The molecule has 0 aliphatic rings. The smallest absolute Gasteiger partial charge is 0.303 e. The average molecular weight is 305 g/mol. The molecule has 0 spiro atoms. The molecule has 0 heterocycles. The molecule has 12 heteroatoms. The molecule has 0 rings (SSSR count). The Morgan fingerprint density at radius 1 is 1.18 bits per heavy atom. The Labute approximate surface area is 95.7 Å². The molecule has 0 fully saturated rings. The molecule has 0 saturated heterocycles. The Kier molecular flexibility index (Phi) is 4.32. The molecule has 0 aliphatic carbocycles. The highest BCUT2D eigenvalue weighted by molar-refractivity contribution is 7.90. The lowest BCUT2D eigenvalue weighted by atomic mass is 10.2. The first-order valence-electron chi connectivity index (χ1n) is 3.74. The molecule has 0 bridgehead atoms. The number of nitrogens with one attached hydrogen (secondary N) is 1. The maximum atomic E-state index is 13.1. The summed E-state index contributed by atoms with van der Waals surface area (Å²) < 4.78 is 106. The molecule has 0 aliphatic heterocycles. The van der Waals surface area contributed by atoms with Crippen LogP contribution in [0.5, 0.6) is 0 Å². The molecule has 0 aromatic rings. The zero-order valence-corrected chi connectivity index (χ0v) is 10.0. The van der Waals surface area contributed by atoms with Gasteiger partial charge < -0.3 is 4.55 Å². The van der Waals surface area contributed by atoms with Gasteiger partial charge in [0.15, 0.2) is 11.1 Å². The lowest BCUT2D eigenvalue weighted by Crippen LogP contribution is -2.61. The van der Waals surface area contributed by atoms with E-state index in [4.69, 9.17) is 4.55 Å². The predicted molar refractivity (Wildman–Crippen MR) is 48.2 cm³/mol. The van der Waals surface area contributed by atoms with E-state index in [2.05, 4.69) is 0 Å². The summed E-state index contributed by atoms with van der Waals surface area (Å²) in [6, 6.07) is 0. The van der Waals surface area contributed by atoms with Crippen LogP contribution < -0.4 is 4.72 Å². The molecule has 17 heavy (non-hydrogen) atoms. The SMILES string of the molecule is CNS(=O)(=O)C(F)(F)C(F)(F)C(C)(F)S(=O)O. The van der Waals surface area contributed by atoms with Crippen LogP contribution in [0.25, 0.3) is 0 Å². The van der Waals surface area contributed by atoms with Crippen molar-refractivity contribution < 1.29 is 39.1 Å². The Morgan fingerprint density at radius 3 is 1.76 bits per heavy atom. The van der Waals surface area contributed by atoms with Gasteiger partial charge >= 0.3 is 11.2 Å². The molecule has 0 aromatic heterocycles. The third-order valence-electron chi connectivity index (χ3n) is 1.86. The topological polar surface area (TPSA) is 83.5 Å². The monoisotopic (exact) mass is 305 g/mol. The van der Waals surface area contributed by atoms with E-state index >= 15 is 0 Å². The van der Waals surface area contributed by atoms with Gasteiger partial charge in [-0.3, -0.25) is 0 Å². The number of hydrogen-bond donors (Lipinski definition) is 2. The van der Waals surface area contributed by atoms with E-state index in [0.717, 1.165) is 4.72 Å². The quantitative estimate of drug-likeness (QED) is 0.578.